The second kappa shape index (κ2) is 9.44. The molecule has 2 heterocycles. The Morgan fingerprint density at radius 1 is 0.946 bits per heavy atom. The zero-order chi connectivity index (χ0) is 26.4. The maximum atomic E-state index is 13.4. The maximum Gasteiger partial charge on any atom is 0.325 e. The van der Waals surface area contributed by atoms with Gasteiger partial charge in [-0.2, -0.15) is 4.31 Å². The summed E-state index contributed by atoms with van der Waals surface area (Å²) in [5.74, 6) is -0.930. The Kier molecular flexibility index (Phi) is 6.43. The van der Waals surface area contributed by atoms with E-state index in [4.69, 9.17) is 11.6 Å². The molecular formula is C26H25ClN4O5S. The van der Waals surface area contributed by atoms with Crippen molar-refractivity contribution in [3.05, 3.63) is 77.3 Å². The van der Waals surface area contributed by atoms with Crippen molar-refractivity contribution in [1.82, 2.24) is 19.4 Å². The highest BCUT2D eigenvalue weighted by Crippen LogP contribution is 2.34. The van der Waals surface area contributed by atoms with Crippen molar-refractivity contribution in [2.45, 2.75) is 17.4 Å². The van der Waals surface area contributed by atoms with E-state index in [1.54, 1.807) is 13.0 Å². The largest absolute Gasteiger partial charge is 0.338 e. The molecule has 2 aliphatic rings. The van der Waals surface area contributed by atoms with Crippen LogP contribution in [0.25, 0.3) is 10.8 Å². The second-order valence-corrected chi connectivity index (χ2v) is 11.6. The van der Waals surface area contributed by atoms with Gasteiger partial charge in [0.15, 0.2) is 0 Å². The number of sulfonamides is 1. The second-order valence-electron chi connectivity index (χ2n) is 9.21. The van der Waals surface area contributed by atoms with Crippen molar-refractivity contribution in [2.75, 3.05) is 32.7 Å². The van der Waals surface area contributed by atoms with Crippen molar-refractivity contribution in [1.29, 1.82) is 0 Å². The molecule has 9 nitrogen and oxygen atoms in total. The summed E-state index contributed by atoms with van der Waals surface area (Å²) in [4.78, 5) is 41.8. The standard InChI is InChI=1S/C26H25ClN4O5S/c1-26(22-8-4-6-18-5-2-3-7-21(18)22)24(33)31(25(34)28-26)17-23(32)29-13-15-30(16-14-29)37(35,36)20-11-9-19(27)10-12-20/h2-12H,13-17H2,1H3,(H,28,34). The summed E-state index contributed by atoms with van der Waals surface area (Å²) in [6.07, 6.45) is 0. The molecule has 4 amide bonds. The number of fused-ring (bicyclic) bond motifs is 1. The van der Waals surface area contributed by atoms with E-state index >= 15 is 0 Å². The third kappa shape index (κ3) is 4.45. The predicted molar refractivity (Wildman–Crippen MR) is 138 cm³/mol. The highest BCUT2D eigenvalue weighted by atomic mass is 35.5. The number of benzene rings is 3. The average molecular weight is 541 g/mol. The number of imide groups is 1. The molecule has 37 heavy (non-hydrogen) atoms. The van der Waals surface area contributed by atoms with Crippen LogP contribution in [0.3, 0.4) is 0 Å². The molecule has 1 unspecified atom stereocenters. The van der Waals surface area contributed by atoms with Crippen molar-refractivity contribution in [3.8, 4) is 0 Å². The lowest BCUT2D eigenvalue weighted by molar-refractivity contribution is -0.139. The minimum Gasteiger partial charge on any atom is -0.338 e. The molecule has 5 rings (SSSR count). The van der Waals surface area contributed by atoms with Crippen LogP contribution in [-0.4, -0.2) is 73.1 Å². The Bertz CT molecular complexity index is 1500. The molecule has 2 aliphatic heterocycles. The minimum absolute atomic E-state index is 0.102. The fraction of sp³-hybridized carbons (Fsp3) is 0.269. The Labute approximate surface area is 219 Å². The first-order chi connectivity index (χ1) is 17.6. The lowest BCUT2D eigenvalue weighted by atomic mass is 9.88. The number of piperazine rings is 1. The maximum absolute atomic E-state index is 13.4. The van der Waals surface area contributed by atoms with Gasteiger partial charge in [-0.25, -0.2) is 13.2 Å². The van der Waals surface area contributed by atoms with Crippen molar-refractivity contribution >= 4 is 50.2 Å². The SMILES string of the molecule is CC1(c2cccc3ccccc23)NC(=O)N(CC(=O)N2CCN(S(=O)(=O)c3ccc(Cl)cc3)CC2)C1=O. The first-order valence-corrected chi connectivity index (χ1v) is 13.6. The Hall–Kier alpha value is -3.47. The summed E-state index contributed by atoms with van der Waals surface area (Å²) in [5, 5.41) is 4.98. The molecule has 0 bridgehead atoms. The number of halogens is 1. The summed E-state index contributed by atoms with van der Waals surface area (Å²) in [6, 6.07) is 18.4. The van der Waals surface area contributed by atoms with E-state index in [-0.39, 0.29) is 31.1 Å². The number of rotatable bonds is 5. The van der Waals surface area contributed by atoms with Crippen LogP contribution >= 0.6 is 11.6 Å². The monoisotopic (exact) mass is 540 g/mol. The Morgan fingerprint density at radius 2 is 1.59 bits per heavy atom. The molecule has 1 atom stereocenters. The smallest absolute Gasteiger partial charge is 0.325 e. The third-order valence-corrected chi connectivity index (χ3v) is 9.10. The fourth-order valence-electron chi connectivity index (χ4n) is 4.85. The van der Waals surface area contributed by atoms with Crippen molar-refractivity contribution in [2.24, 2.45) is 0 Å². The third-order valence-electron chi connectivity index (χ3n) is 6.94. The van der Waals surface area contributed by atoms with Crippen LogP contribution < -0.4 is 5.32 Å². The summed E-state index contributed by atoms with van der Waals surface area (Å²) in [6.45, 7) is 1.72. The predicted octanol–water partition coefficient (Wildman–Crippen LogP) is 2.79. The minimum atomic E-state index is -3.72. The molecule has 0 aromatic heterocycles. The number of hydrogen-bond donors (Lipinski definition) is 1. The Morgan fingerprint density at radius 3 is 2.30 bits per heavy atom. The van der Waals surface area contributed by atoms with Gasteiger partial charge in [0.05, 0.1) is 4.90 Å². The van der Waals surface area contributed by atoms with E-state index in [0.29, 0.717) is 10.6 Å². The molecule has 3 aromatic rings. The highest BCUT2D eigenvalue weighted by Gasteiger charge is 2.50. The van der Waals surface area contributed by atoms with Gasteiger partial charge in [-0.15, -0.1) is 0 Å². The van der Waals surface area contributed by atoms with E-state index in [1.807, 2.05) is 36.4 Å². The van der Waals surface area contributed by atoms with E-state index in [2.05, 4.69) is 5.32 Å². The van der Waals surface area contributed by atoms with Gasteiger partial charge in [-0.3, -0.25) is 14.5 Å². The molecular weight excluding hydrogens is 516 g/mol. The highest BCUT2D eigenvalue weighted by molar-refractivity contribution is 7.89. The molecule has 2 saturated heterocycles. The molecule has 11 heteroatoms. The summed E-state index contributed by atoms with van der Waals surface area (Å²) in [5.41, 5.74) is -0.663. The van der Waals surface area contributed by atoms with Gasteiger partial charge in [0.2, 0.25) is 15.9 Å². The van der Waals surface area contributed by atoms with Gasteiger partial charge in [0.1, 0.15) is 12.1 Å². The van der Waals surface area contributed by atoms with Crippen molar-refractivity contribution in [3.63, 3.8) is 0 Å². The van der Waals surface area contributed by atoms with Crippen LogP contribution in [0.5, 0.6) is 0 Å². The van der Waals surface area contributed by atoms with E-state index < -0.39 is 40.0 Å². The molecule has 0 saturated carbocycles. The quantitative estimate of drug-likeness (QED) is 0.501. The zero-order valence-corrected chi connectivity index (χ0v) is 21.6. The lowest BCUT2D eigenvalue weighted by Gasteiger charge is -2.34. The molecule has 0 spiro atoms. The van der Waals surface area contributed by atoms with Gasteiger partial charge in [0, 0.05) is 31.2 Å². The molecule has 1 N–H and O–H groups in total. The summed E-state index contributed by atoms with van der Waals surface area (Å²) in [7, 11) is -3.72. The van der Waals surface area contributed by atoms with Crippen LogP contribution in [0.4, 0.5) is 4.79 Å². The van der Waals surface area contributed by atoms with Crippen LogP contribution in [0.15, 0.2) is 71.6 Å². The first-order valence-electron chi connectivity index (χ1n) is 11.8. The molecule has 192 valence electrons. The van der Waals surface area contributed by atoms with Crippen LogP contribution in [0.2, 0.25) is 5.02 Å². The molecule has 2 fully saturated rings. The number of nitrogens with zero attached hydrogens (tertiary/aromatic N) is 3. The molecule has 3 aromatic carbocycles. The van der Waals surface area contributed by atoms with Gasteiger partial charge in [-0.1, -0.05) is 54.1 Å². The lowest BCUT2D eigenvalue weighted by Crippen LogP contribution is -2.53. The number of carbonyl (C=O) groups excluding carboxylic acids is 3. The normalized spacial score (nSPS) is 20.9. The summed E-state index contributed by atoms with van der Waals surface area (Å²) >= 11 is 5.86. The van der Waals surface area contributed by atoms with E-state index in [0.717, 1.165) is 15.7 Å². The zero-order valence-electron chi connectivity index (χ0n) is 20.1. The van der Waals surface area contributed by atoms with Gasteiger partial charge in [-0.05, 0) is 47.5 Å². The van der Waals surface area contributed by atoms with Crippen LogP contribution in [-0.2, 0) is 25.2 Å². The number of hydrogen-bond acceptors (Lipinski definition) is 5. The number of carbonyl (C=O) groups is 3. The topological polar surface area (TPSA) is 107 Å². The van der Waals surface area contributed by atoms with Crippen molar-refractivity contribution < 1.29 is 22.8 Å². The van der Waals surface area contributed by atoms with Crippen LogP contribution in [0.1, 0.15) is 12.5 Å². The number of urea groups is 1. The molecule has 0 radical (unpaired) electrons. The Balaban J connectivity index is 1.27. The average Bonchev–Trinajstić information content (AvgIpc) is 3.12. The van der Waals surface area contributed by atoms with Gasteiger partial charge < -0.3 is 10.2 Å². The fourth-order valence-corrected chi connectivity index (χ4v) is 6.40. The summed E-state index contributed by atoms with van der Waals surface area (Å²) < 4.78 is 27.1. The number of amides is 4. The first kappa shape index (κ1) is 25.2. The van der Waals surface area contributed by atoms with E-state index in [1.165, 1.54) is 33.5 Å². The molecule has 0 aliphatic carbocycles. The van der Waals surface area contributed by atoms with Gasteiger partial charge >= 0.3 is 6.03 Å². The van der Waals surface area contributed by atoms with Gasteiger partial charge in [0.25, 0.3) is 5.91 Å². The van der Waals surface area contributed by atoms with E-state index in [9.17, 15) is 22.8 Å². The number of nitrogens with one attached hydrogen (secondary N) is 1. The van der Waals surface area contributed by atoms with Crippen LogP contribution in [0, 0.1) is 0 Å².